The number of hydrogen-bond acceptors (Lipinski definition) is 3. The van der Waals surface area contributed by atoms with Crippen LogP contribution in [0.5, 0.6) is 0 Å². The van der Waals surface area contributed by atoms with Crippen molar-refractivity contribution >= 4 is 41.5 Å². The molecule has 1 aromatic carbocycles. The van der Waals surface area contributed by atoms with Crippen molar-refractivity contribution in [2.24, 2.45) is 11.7 Å². The molecule has 2 amide bonds. The van der Waals surface area contributed by atoms with Gasteiger partial charge in [-0.25, -0.2) is 0 Å². The third-order valence-corrected chi connectivity index (χ3v) is 3.83. The Morgan fingerprint density at radius 2 is 2.09 bits per heavy atom. The maximum absolute atomic E-state index is 12.5. The van der Waals surface area contributed by atoms with Gasteiger partial charge in [-0.1, -0.05) is 25.4 Å². The molecular formula is C15H21Cl2N3O2. The maximum Gasteiger partial charge on any atom is 0.255 e. The van der Waals surface area contributed by atoms with E-state index >= 15 is 0 Å². The third-order valence-electron chi connectivity index (χ3n) is 3.50. The van der Waals surface area contributed by atoms with Gasteiger partial charge in [0, 0.05) is 30.7 Å². The highest BCUT2D eigenvalue weighted by molar-refractivity contribution is 6.34. The fourth-order valence-electron chi connectivity index (χ4n) is 2.20. The highest BCUT2D eigenvalue weighted by Gasteiger charge is 2.26. The lowest BCUT2D eigenvalue weighted by atomic mass is 10.1. The van der Waals surface area contributed by atoms with Gasteiger partial charge in [0.05, 0.1) is 10.6 Å². The lowest BCUT2D eigenvalue weighted by molar-refractivity contribution is -0.118. The molecule has 3 N–H and O–H groups in total. The Kier molecular flexibility index (Phi) is 6.66. The summed E-state index contributed by atoms with van der Waals surface area (Å²) in [6.07, 6.45) is 0.799. The molecule has 7 heteroatoms. The van der Waals surface area contributed by atoms with Crippen LogP contribution in [0.15, 0.2) is 18.2 Å². The molecule has 1 fully saturated rings. The Hall–Kier alpha value is -1.30. The molecule has 0 aliphatic carbocycles. The normalized spacial score (nSPS) is 17.3. The molecule has 1 heterocycles. The SMILES string of the molecule is CC(C)C(=O)Nc1ccc(Cl)c(C(=O)N2CC[C@@H](N)C2)c1.Cl. The molecule has 22 heavy (non-hydrogen) atoms. The highest BCUT2D eigenvalue weighted by atomic mass is 35.5. The molecule has 1 aliphatic rings. The summed E-state index contributed by atoms with van der Waals surface area (Å²) >= 11 is 6.11. The van der Waals surface area contributed by atoms with Gasteiger partial charge in [0.1, 0.15) is 0 Å². The average Bonchev–Trinajstić information content (AvgIpc) is 2.86. The van der Waals surface area contributed by atoms with Crippen LogP contribution in [-0.2, 0) is 4.79 Å². The smallest absolute Gasteiger partial charge is 0.255 e. The summed E-state index contributed by atoms with van der Waals surface area (Å²) in [4.78, 5) is 25.9. The third kappa shape index (κ3) is 4.35. The van der Waals surface area contributed by atoms with Crippen LogP contribution in [0.2, 0.25) is 5.02 Å². The number of halogens is 2. The van der Waals surface area contributed by atoms with Gasteiger partial charge in [0.2, 0.25) is 5.91 Å². The standard InChI is InChI=1S/C15H20ClN3O2.ClH/c1-9(2)14(20)18-11-3-4-13(16)12(7-11)15(21)19-6-5-10(17)8-19;/h3-4,7,9-10H,5-6,8,17H2,1-2H3,(H,18,20);1H/t10-;/m1./s1. The minimum Gasteiger partial charge on any atom is -0.337 e. The van der Waals surface area contributed by atoms with E-state index in [9.17, 15) is 9.59 Å². The zero-order valence-electron chi connectivity index (χ0n) is 12.6. The van der Waals surface area contributed by atoms with E-state index in [0.29, 0.717) is 29.4 Å². The fourth-order valence-corrected chi connectivity index (χ4v) is 2.39. The molecule has 1 atom stereocenters. The molecule has 0 spiro atoms. The zero-order valence-corrected chi connectivity index (χ0v) is 14.2. The Morgan fingerprint density at radius 3 is 2.64 bits per heavy atom. The van der Waals surface area contributed by atoms with Crippen LogP contribution in [0.25, 0.3) is 0 Å². The van der Waals surface area contributed by atoms with Gasteiger partial charge in [0.15, 0.2) is 0 Å². The van der Waals surface area contributed by atoms with Crippen LogP contribution >= 0.6 is 24.0 Å². The molecule has 0 saturated carbocycles. The predicted molar refractivity (Wildman–Crippen MR) is 90.7 cm³/mol. The van der Waals surface area contributed by atoms with Gasteiger partial charge in [0.25, 0.3) is 5.91 Å². The van der Waals surface area contributed by atoms with Crippen LogP contribution < -0.4 is 11.1 Å². The lowest BCUT2D eigenvalue weighted by Crippen LogP contribution is -2.32. The molecule has 122 valence electrons. The van der Waals surface area contributed by atoms with E-state index in [1.807, 2.05) is 13.8 Å². The van der Waals surface area contributed by atoms with Crippen molar-refractivity contribution in [3.05, 3.63) is 28.8 Å². The second-order valence-electron chi connectivity index (χ2n) is 5.64. The van der Waals surface area contributed by atoms with E-state index < -0.39 is 0 Å². The number of carbonyl (C=O) groups excluding carboxylic acids is 2. The van der Waals surface area contributed by atoms with Gasteiger partial charge < -0.3 is 16.0 Å². The van der Waals surface area contributed by atoms with Gasteiger partial charge in [-0.05, 0) is 24.6 Å². The molecule has 1 aromatic rings. The number of likely N-dealkylation sites (tertiary alicyclic amines) is 1. The number of nitrogens with zero attached hydrogens (tertiary/aromatic N) is 1. The number of rotatable bonds is 3. The first-order valence-corrected chi connectivity index (χ1v) is 7.41. The quantitative estimate of drug-likeness (QED) is 0.883. The number of amides is 2. The Morgan fingerprint density at radius 1 is 1.41 bits per heavy atom. The van der Waals surface area contributed by atoms with E-state index in [4.69, 9.17) is 17.3 Å². The van der Waals surface area contributed by atoms with Crippen molar-refractivity contribution in [3.63, 3.8) is 0 Å². The number of anilines is 1. The summed E-state index contributed by atoms with van der Waals surface area (Å²) in [7, 11) is 0. The molecule has 0 radical (unpaired) electrons. The first-order chi connectivity index (χ1) is 9.88. The molecule has 2 rings (SSSR count). The molecule has 1 aliphatic heterocycles. The molecule has 0 aromatic heterocycles. The minimum atomic E-state index is -0.145. The topological polar surface area (TPSA) is 75.4 Å². The fraction of sp³-hybridized carbons (Fsp3) is 0.467. The van der Waals surface area contributed by atoms with Crippen LogP contribution in [0, 0.1) is 5.92 Å². The summed E-state index contributed by atoms with van der Waals surface area (Å²) in [5, 5.41) is 3.15. The summed E-state index contributed by atoms with van der Waals surface area (Å²) < 4.78 is 0. The van der Waals surface area contributed by atoms with Crippen LogP contribution in [0.3, 0.4) is 0 Å². The number of nitrogens with two attached hydrogens (primary N) is 1. The van der Waals surface area contributed by atoms with Crippen LogP contribution in [-0.4, -0.2) is 35.8 Å². The van der Waals surface area contributed by atoms with E-state index in [1.54, 1.807) is 23.1 Å². The second-order valence-corrected chi connectivity index (χ2v) is 6.05. The average molecular weight is 346 g/mol. The molecule has 5 nitrogen and oxygen atoms in total. The monoisotopic (exact) mass is 345 g/mol. The largest absolute Gasteiger partial charge is 0.337 e. The maximum atomic E-state index is 12.5. The zero-order chi connectivity index (χ0) is 15.6. The Balaban J connectivity index is 0.00000242. The number of benzene rings is 1. The second kappa shape index (κ2) is 7.81. The molecular weight excluding hydrogens is 325 g/mol. The van der Waals surface area contributed by atoms with Gasteiger partial charge in [-0.3, -0.25) is 9.59 Å². The Labute approximate surface area is 141 Å². The van der Waals surface area contributed by atoms with Crippen LogP contribution in [0.1, 0.15) is 30.6 Å². The Bertz CT molecular complexity index is 564. The summed E-state index contributed by atoms with van der Waals surface area (Å²) in [5.74, 6) is -0.371. The van der Waals surface area contributed by atoms with Crippen molar-refractivity contribution < 1.29 is 9.59 Å². The van der Waals surface area contributed by atoms with Gasteiger partial charge in [-0.2, -0.15) is 0 Å². The van der Waals surface area contributed by atoms with Crippen molar-refractivity contribution in [3.8, 4) is 0 Å². The lowest BCUT2D eigenvalue weighted by Gasteiger charge is -2.17. The van der Waals surface area contributed by atoms with Crippen molar-refractivity contribution in [2.45, 2.75) is 26.3 Å². The van der Waals surface area contributed by atoms with E-state index in [2.05, 4.69) is 5.32 Å². The highest BCUT2D eigenvalue weighted by Crippen LogP contribution is 2.24. The first kappa shape index (κ1) is 18.7. The summed E-state index contributed by atoms with van der Waals surface area (Å²) in [6.45, 7) is 4.79. The molecule has 0 unspecified atom stereocenters. The summed E-state index contributed by atoms with van der Waals surface area (Å²) in [5.41, 5.74) is 6.79. The summed E-state index contributed by atoms with van der Waals surface area (Å²) in [6, 6.07) is 4.96. The van der Waals surface area contributed by atoms with Gasteiger partial charge in [-0.15, -0.1) is 12.4 Å². The number of nitrogens with one attached hydrogen (secondary N) is 1. The van der Waals surface area contributed by atoms with E-state index in [1.165, 1.54) is 0 Å². The van der Waals surface area contributed by atoms with Crippen molar-refractivity contribution in [1.82, 2.24) is 4.90 Å². The minimum absolute atomic E-state index is 0. The predicted octanol–water partition coefficient (Wildman–Crippen LogP) is 2.53. The first-order valence-electron chi connectivity index (χ1n) is 7.03. The van der Waals surface area contributed by atoms with Crippen molar-refractivity contribution in [1.29, 1.82) is 0 Å². The van der Waals surface area contributed by atoms with E-state index in [-0.39, 0.29) is 36.2 Å². The number of hydrogen-bond donors (Lipinski definition) is 2. The molecule has 1 saturated heterocycles. The van der Waals surface area contributed by atoms with Crippen molar-refractivity contribution in [2.75, 3.05) is 18.4 Å². The number of carbonyl (C=O) groups is 2. The van der Waals surface area contributed by atoms with Gasteiger partial charge >= 0.3 is 0 Å². The molecule has 0 bridgehead atoms. The van der Waals surface area contributed by atoms with E-state index in [0.717, 1.165) is 6.42 Å². The van der Waals surface area contributed by atoms with Crippen LogP contribution in [0.4, 0.5) is 5.69 Å².